The molecule has 0 amide bonds. The van der Waals surface area contributed by atoms with Gasteiger partial charge in [0.1, 0.15) is 0 Å². The zero-order chi connectivity index (χ0) is 13.2. The maximum Gasteiger partial charge on any atom is 0.168 e. The van der Waals surface area contributed by atoms with Crippen molar-refractivity contribution in [2.45, 2.75) is 40.7 Å². The standard InChI is InChI=1S/C15H23NO/c1-11(2)16(6)13-9-7-12(8-10-13)14(17)15(3,4)5/h7-11H,1-6H3. The van der Waals surface area contributed by atoms with Gasteiger partial charge in [-0.3, -0.25) is 4.79 Å². The third-order valence-corrected chi connectivity index (χ3v) is 2.99. The topological polar surface area (TPSA) is 20.3 Å². The lowest BCUT2D eigenvalue weighted by atomic mass is 9.86. The van der Waals surface area contributed by atoms with Crippen LogP contribution in [0.5, 0.6) is 0 Å². The van der Waals surface area contributed by atoms with E-state index in [0.29, 0.717) is 6.04 Å². The Morgan fingerprint density at radius 1 is 1.12 bits per heavy atom. The molecule has 0 bridgehead atoms. The molecule has 0 saturated carbocycles. The van der Waals surface area contributed by atoms with Gasteiger partial charge in [-0.2, -0.15) is 0 Å². The van der Waals surface area contributed by atoms with E-state index in [-0.39, 0.29) is 11.2 Å². The van der Waals surface area contributed by atoms with Crippen molar-refractivity contribution in [3.63, 3.8) is 0 Å². The van der Waals surface area contributed by atoms with Crippen LogP contribution >= 0.6 is 0 Å². The Kier molecular flexibility index (Phi) is 3.97. The molecule has 94 valence electrons. The van der Waals surface area contributed by atoms with E-state index in [4.69, 9.17) is 0 Å². The highest BCUT2D eigenvalue weighted by Crippen LogP contribution is 2.23. The van der Waals surface area contributed by atoms with Gasteiger partial charge in [0.2, 0.25) is 0 Å². The maximum absolute atomic E-state index is 12.1. The van der Waals surface area contributed by atoms with Crippen molar-refractivity contribution in [3.05, 3.63) is 29.8 Å². The Labute approximate surface area is 105 Å². The molecule has 0 aliphatic rings. The van der Waals surface area contributed by atoms with Gasteiger partial charge in [-0.25, -0.2) is 0 Å². The molecule has 0 spiro atoms. The first-order valence-electron chi connectivity index (χ1n) is 6.11. The second kappa shape index (κ2) is 4.91. The smallest absolute Gasteiger partial charge is 0.168 e. The number of Topliss-reactive ketones (excluding diaryl/α,β-unsaturated/α-hetero) is 1. The molecule has 0 fully saturated rings. The highest BCUT2D eigenvalue weighted by atomic mass is 16.1. The van der Waals surface area contributed by atoms with Crippen LogP contribution in [0, 0.1) is 5.41 Å². The summed E-state index contributed by atoms with van der Waals surface area (Å²) in [7, 11) is 2.06. The number of carbonyl (C=O) groups excluding carboxylic acids is 1. The van der Waals surface area contributed by atoms with Crippen LogP contribution in [0.1, 0.15) is 45.0 Å². The number of anilines is 1. The summed E-state index contributed by atoms with van der Waals surface area (Å²) in [6.45, 7) is 10.1. The van der Waals surface area contributed by atoms with E-state index >= 15 is 0 Å². The molecule has 0 aliphatic heterocycles. The summed E-state index contributed by atoms with van der Waals surface area (Å²) in [6.07, 6.45) is 0. The molecule has 0 radical (unpaired) electrons. The molecule has 0 unspecified atom stereocenters. The lowest BCUT2D eigenvalue weighted by Crippen LogP contribution is -2.25. The molecule has 0 N–H and O–H groups in total. The molecule has 2 heteroatoms. The monoisotopic (exact) mass is 233 g/mol. The lowest BCUT2D eigenvalue weighted by molar-refractivity contribution is 0.0858. The number of benzene rings is 1. The summed E-state index contributed by atoms with van der Waals surface area (Å²) in [5.74, 6) is 0.191. The number of hydrogen-bond donors (Lipinski definition) is 0. The quantitative estimate of drug-likeness (QED) is 0.741. The molecule has 1 aromatic carbocycles. The Bertz CT molecular complexity index is 384. The summed E-state index contributed by atoms with van der Waals surface area (Å²) >= 11 is 0. The molecule has 2 nitrogen and oxygen atoms in total. The third kappa shape index (κ3) is 3.32. The van der Waals surface area contributed by atoms with E-state index in [1.807, 2.05) is 45.0 Å². The highest BCUT2D eigenvalue weighted by Gasteiger charge is 2.22. The van der Waals surface area contributed by atoms with Crippen LogP contribution in [0.4, 0.5) is 5.69 Å². The predicted molar refractivity (Wildman–Crippen MR) is 73.8 cm³/mol. The van der Waals surface area contributed by atoms with Crippen LogP contribution < -0.4 is 4.90 Å². The minimum atomic E-state index is -0.314. The lowest BCUT2D eigenvalue weighted by Gasteiger charge is -2.24. The SMILES string of the molecule is CC(C)N(C)c1ccc(C(=O)C(C)(C)C)cc1. The van der Waals surface area contributed by atoms with E-state index in [2.05, 4.69) is 25.8 Å². The minimum absolute atomic E-state index is 0.191. The van der Waals surface area contributed by atoms with Gasteiger partial charge in [-0.1, -0.05) is 20.8 Å². The normalized spacial score (nSPS) is 11.7. The molecular weight excluding hydrogens is 210 g/mol. The molecule has 0 atom stereocenters. The van der Waals surface area contributed by atoms with E-state index in [0.717, 1.165) is 11.3 Å². The molecule has 0 heterocycles. The second-order valence-corrected chi connectivity index (χ2v) is 5.83. The van der Waals surface area contributed by atoms with Crippen molar-refractivity contribution in [3.8, 4) is 0 Å². The Morgan fingerprint density at radius 3 is 1.94 bits per heavy atom. The molecule has 0 saturated heterocycles. The van der Waals surface area contributed by atoms with Crippen molar-refractivity contribution < 1.29 is 4.79 Å². The van der Waals surface area contributed by atoms with Gasteiger partial charge in [0.05, 0.1) is 0 Å². The minimum Gasteiger partial charge on any atom is -0.372 e. The molecule has 0 aliphatic carbocycles. The van der Waals surface area contributed by atoms with E-state index in [1.165, 1.54) is 0 Å². The zero-order valence-electron chi connectivity index (χ0n) is 11.7. The number of nitrogens with zero attached hydrogens (tertiary/aromatic N) is 1. The van der Waals surface area contributed by atoms with Crippen molar-refractivity contribution in [2.75, 3.05) is 11.9 Å². The number of ketones is 1. The Balaban J connectivity index is 2.93. The van der Waals surface area contributed by atoms with Gasteiger partial charge < -0.3 is 4.90 Å². The molecule has 17 heavy (non-hydrogen) atoms. The van der Waals surface area contributed by atoms with Gasteiger partial charge in [0, 0.05) is 29.8 Å². The highest BCUT2D eigenvalue weighted by molar-refractivity contribution is 6.00. The van der Waals surface area contributed by atoms with Gasteiger partial charge >= 0.3 is 0 Å². The average Bonchev–Trinajstić information content (AvgIpc) is 2.26. The summed E-state index contributed by atoms with van der Waals surface area (Å²) in [5, 5.41) is 0. The van der Waals surface area contributed by atoms with Crippen LogP contribution in [-0.2, 0) is 0 Å². The summed E-state index contributed by atoms with van der Waals surface area (Å²) in [6, 6.07) is 8.32. The van der Waals surface area contributed by atoms with Gasteiger partial charge in [0.25, 0.3) is 0 Å². The summed E-state index contributed by atoms with van der Waals surface area (Å²) in [5.41, 5.74) is 1.62. The molecule has 1 aromatic rings. The number of hydrogen-bond acceptors (Lipinski definition) is 2. The van der Waals surface area contributed by atoms with Gasteiger partial charge in [0.15, 0.2) is 5.78 Å². The van der Waals surface area contributed by atoms with Crippen LogP contribution in [-0.4, -0.2) is 18.9 Å². The van der Waals surface area contributed by atoms with Crippen LogP contribution in [0.15, 0.2) is 24.3 Å². The largest absolute Gasteiger partial charge is 0.372 e. The third-order valence-electron chi connectivity index (χ3n) is 2.99. The fourth-order valence-electron chi connectivity index (χ4n) is 1.58. The Hall–Kier alpha value is -1.31. The zero-order valence-corrected chi connectivity index (χ0v) is 11.7. The van der Waals surface area contributed by atoms with Crippen LogP contribution in [0.3, 0.4) is 0 Å². The maximum atomic E-state index is 12.1. The fraction of sp³-hybridized carbons (Fsp3) is 0.533. The number of carbonyl (C=O) groups is 1. The van der Waals surface area contributed by atoms with Crippen molar-refractivity contribution >= 4 is 11.5 Å². The molecular formula is C15H23NO. The number of rotatable bonds is 3. The summed E-state index contributed by atoms with van der Waals surface area (Å²) in [4.78, 5) is 14.3. The molecule has 0 aromatic heterocycles. The Morgan fingerprint density at radius 2 is 1.59 bits per heavy atom. The van der Waals surface area contributed by atoms with E-state index in [1.54, 1.807) is 0 Å². The van der Waals surface area contributed by atoms with E-state index < -0.39 is 0 Å². The van der Waals surface area contributed by atoms with Crippen LogP contribution in [0.2, 0.25) is 0 Å². The molecule has 1 rings (SSSR count). The van der Waals surface area contributed by atoms with Crippen molar-refractivity contribution in [2.24, 2.45) is 5.41 Å². The van der Waals surface area contributed by atoms with Crippen molar-refractivity contribution in [1.29, 1.82) is 0 Å². The first-order valence-corrected chi connectivity index (χ1v) is 6.11. The predicted octanol–water partition coefficient (Wildman–Crippen LogP) is 3.76. The van der Waals surface area contributed by atoms with Crippen molar-refractivity contribution in [1.82, 2.24) is 0 Å². The second-order valence-electron chi connectivity index (χ2n) is 5.83. The fourth-order valence-corrected chi connectivity index (χ4v) is 1.58. The van der Waals surface area contributed by atoms with Crippen LogP contribution in [0.25, 0.3) is 0 Å². The van der Waals surface area contributed by atoms with Gasteiger partial charge in [-0.15, -0.1) is 0 Å². The first-order chi connectivity index (χ1) is 7.73. The van der Waals surface area contributed by atoms with E-state index in [9.17, 15) is 4.79 Å². The van der Waals surface area contributed by atoms with Gasteiger partial charge in [-0.05, 0) is 38.1 Å². The summed E-state index contributed by atoms with van der Waals surface area (Å²) < 4.78 is 0. The first kappa shape index (κ1) is 13.8. The average molecular weight is 233 g/mol.